The lowest BCUT2D eigenvalue weighted by Crippen LogP contribution is -2.10. The van der Waals surface area contributed by atoms with Crippen LogP contribution in [0.2, 0.25) is 0 Å². The highest BCUT2D eigenvalue weighted by Crippen LogP contribution is 2.52. The Balaban J connectivity index is 1.60. The van der Waals surface area contributed by atoms with E-state index in [1.165, 1.54) is 5.56 Å². The molecule has 5 rings (SSSR count). The molecule has 1 saturated carbocycles. The molecule has 1 aromatic carbocycles. The summed E-state index contributed by atoms with van der Waals surface area (Å²) in [5, 5.41) is 8.51. The van der Waals surface area contributed by atoms with Gasteiger partial charge < -0.3 is 4.52 Å². The standard InChI is InChI=1S/C17H13N5O/c1-2-4-12(5-3-1)17(8-9-17)16-20-15(23-21-16)13-6-10-18-14-7-11-19-22(13)14/h1-7,10-11H,8-9H2. The molecule has 0 saturated heterocycles. The van der Waals surface area contributed by atoms with E-state index in [2.05, 4.69) is 32.4 Å². The van der Waals surface area contributed by atoms with E-state index in [1.807, 2.05) is 30.3 Å². The molecule has 0 atom stereocenters. The molecule has 23 heavy (non-hydrogen) atoms. The smallest absolute Gasteiger partial charge is 0.276 e. The van der Waals surface area contributed by atoms with Crippen molar-refractivity contribution in [1.29, 1.82) is 0 Å². The Kier molecular flexibility index (Phi) is 2.44. The average molecular weight is 303 g/mol. The SMILES string of the molecule is c1ccc(C2(c3noc(-c4ccnc5ccnn45)n3)CC2)cc1. The van der Waals surface area contributed by atoms with Crippen LogP contribution >= 0.6 is 0 Å². The predicted molar refractivity (Wildman–Crippen MR) is 82.7 cm³/mol. The molecule has 112 valence electrons. The highest BCUT2D eigenvalue weighted by atomic mass is 16.5. The van der Waals surface area contributed by atoms with Gasteiger partial charge in [0.2, 0.25) is 0 Å². The minimum absolute atomic E-state index is 0.0979. The van der Waals surface area contributed by atoms with Gasteiger partial charge in [-0.25, -0.2) is 9.50 Å². The molecule has 0 N–H and O–H groups in total. The molecule has 0 amide bonds. The Hall–Kier alpha value is -3.02. The zero-order chi connectivity index (χ0) is 15.3. The second kappa shape index (κ2) is 4.49. The van der Waals surface area contributed by atoms with Crippen LogP contribution in [-0.2, 0) is 5.41 Å². The fraction of sp³-hybridized carbons (Fsp3) is 0.176. The van der Waals surface area contributed by atoms with Crippen LogP contribution in [0, 0.1) is 0 Å². The first-order valence-electron chi connectivity index (χ1n) is 7.56. The molecule has 0 bridgehead atoms. The van der Waals surface area contributed by atoms with Crippen molar-refractivity contribution in [2.45, 2.75) is 18.3 Å². The van der Waals surface area contributed by atoms with Crippen LogP contribution < -0.4 is 0 Å². The third kappa shape index (κ3) is 1.81. The monoisotopic (exact) mass is 303 g/mol. The van der Waals surface area contributed by atoms with Gasteiger partial charge in [-0.2, -0.15) is 10.1 Å². The Labute approximate surface area is 131 Å². The van der Waals surface area contributed by atoms with Gasteiger partial charge in [-0.1, -0.05) is 35.5 Å². The van der Waals surface area contributed by atoms with Gasteiger partial charge in [0.05, 0.1) is 11.6 Å². The molecule has 6 heteroatoms. The highest BCUT2D eigenvalue weighted by Gasteiger charge is 2.50. The Morgan fingerprint density at radius 2 is 1.87 bits per heavy atom. The van der Waals surface area contributed by atoms with Crippen molar-refractivity contribution in [3.8, 4) is 11.6 Å². The van der Waals surface area contributed by atoms with E-state index in [-0.39, 0.29) is 5.41 Å². The van der Waals surface area contributed by atoms with Gasteiger partial charge in [0.25, 0.3) is 5.89 Å². The highest BCUT2D eigenvalue weighted by molar-refractivity contribution is 5.53. The first-order valence-corrected chi connectivity index (χ1v) is 7.56. The number of hydrogen-bond donors (Lipinski definition) is 0. The van der Waals surface area contributed by atoms with Crippen molar-refractivity contribution in [2.24, 2.45) is 0 Å². The molecular formula is C17H13N5O. The zero-order valence-corrected chi connectivity index (χ0v) is 12.3. The van der Waals surface area contributed by atoms with E-state index >= 15 is 0 Å². The first-order chi connectivity index (χ1) is 11.4. The number of benzene rings is 1. The second-order valence-electron chi connectivity index (χ2n) is 5.80. The molecule has 1 fully saturated rings. The van der Waals surface area contributed by atoms with Crippen LogP contribution in [0.25, 0.3) is 17.2 Å². The van der Waals surface area contributed by atoms with E-state index in [9.17, 15) is 0 Å². The van der Waals surface area contributed by atoms with E-state index in [4.69, 9.17) is 4.52 Å². The van der Waals surface area contributed by atoms with Crippen molar-refractivity contribution in [2.75, 3.05) is 0 Å². The van der Waals surface area contributed by atoms with Crippen molar-refractivity contribution in [3.63, 3.8) is 0 Å². The van der Waals surface area contributed by atoms with Gasteiger partial charge in [0, 0.05) is 12.3 Å². The molecule has 1 aliphatic carbocycles. The lowest BCUT2D eigenvalue weighted by molar-refractivity contribution is 0.415. The number of nitrogens with zero attached hydrogens (tertiary/aromatic N) is 5. The largest absolute Gasteiger partial charge is 0.332 e. The topological polar surface area (TPSA) is 69.1 Å². The van der Waals surface area contributed by atoms with E-state index in [0.29, 0.717) is 5.89 Å². The molecule has 0 unspecified atom stereocenters. The fourth-order valence-corrected chi connectivity index (χ4v) is 3.04. The Morgan fingerprint density at radius 3 is 2.70 bits per heavy atom. The summed E-state index contributed by atoms with van der Waals surface area (Å²) in [5.41, 5.74) is 2.65. The van der Waals surface area contributed by atoms with Crippen LogP contribution in [-0.4, -0.2) is 24.7 Å². The fourth-order valence-electron chi connectivity index (χ4n) is 3.04. The van der Waals surface area contributed by atoms with Gasteiger partial charge >= 0.3 is 0 Å². The molecule has 4 aromatic rings. The number of fused-ring (bicyclic) bond motifs is 1. The summed E-state index contributed by atoms with van der Waals surface area (Å²) >= 11 is 0. The maximum absolute atomic E-state index is 5.53. The minimum Gasteiger partial charge on any atom is -0.332 e. The Bertz CT molecular complexity index is 984. The summed E-state index contributed by atoms with van der Waals surface area (Å²) < 4.78 is 7.23. The molecular weight excluding hydrogens is 290 g/mol. The van der Waals surface area contributed by atoms with Crippen LogP contribution in [0.5, 0.6) is 0 Å². The third-order valence-electron chi connectivity index (χ3n) is 4.44. The van der Waals surface area contributed by atoms with Gasteiger partial charge in [-0.15, -0.1) is 0 Å². The number of aromatic nitrogens is 5. The third-order valence-corrected chi connectivity index (χ3v) is 4.44. The van der Waals surface area contributed by atoms with Crippen molar-refractivity contribution >= 4 is 5.65 Å². The normalized spacial score (nSPS) is 15.8. The minimum atomic E-state index is -0.0979. The van der Waals surface area contributed by atoms with Crippen molar-refractivity contribution < 1.29 is 4.52 Å². The molecule has 3 aromatic heterocycles. The van der Waals surface area contributed by atoms with Crippen molar-refractivity contribution in [1.82, 2.24) is 24.7 Å². The molecule has 0 spiro atoms. The molecule has 0 radical (unpaired) electrons. The number of rotatable bonds is 3. The van der Waals surface area contributed by atoms with E-state index in [1.54, 1.807) is 16.9 Å². The van der Waals surface area contributed by atoms with Crippen molar-refractivity contribution in [3.05, 3.63) is 66.2 Å². The van der Waals surface area contributed by atoms with Gasteiger partial charge in [0.15, 0.2) is 11.5 Å². The Morgan fingerprint density at radius 1 is 1.00 bits per heavy atom. The first kappa shape index (κ1) is 12.5. The lowest BCUT2D eigenvalue weighted by Gasteiger charge is -2.10. The van der Waals surface area contributed by atoms with E-state index < -0.39 is 0 Å². The second-order valence-corrected chi connectivity index (χ2v) is 5.80. The van der Waals surface area contributed by atoms with Crippen LogP contribution in [0.4, 0.5) is 0 Å². The maximum atomic E-state index is 5.53. The lowest BCUT2D eigenvalue weighted by atomic mass is 9.95. The van der Waals surface area contributed by atoms with Gasteiger partial charge in [0.1, 0.15) is 5.69 Å². The number of hydrogen-bond acceptors (Lipinski definition) is 5. The van der Waals surface area contributed by atoms with Gasteiger partial charge in [-0.3, -0.25) is 0 Å². The quantitative estimate of drug-likeness (QED) is 0.582. The molecule has 6 nitrogen and oxygen atoms in total. The van der Waals surface area contributed by atoms with Crippen LogP contribution in [0.15, 0.2) is 59.4 Å². The summed E-state index contributed by atoms with van der Waals surface area (Å²) in [5.74, 6) is 1.22. The summed E-state index contributed by atoms with van der Waals surface area (Å²) in [6, 6.07) is 14.0. The molecule has 1 aliphatic rings. The summed E-state index contributed by atoms with van der Waals surface area (Å²) in [4.78, 5) is 8.91. The summed E-state index contributed by atoms with van der Waals surface area (Å²) in [6.07, 6.45) is 5.52. The van der Waals surface area contributed by atoms with E-state index in [0.717, 1.165) is 30.0 Å². The van der Waals surface area contributed by atoms with Crippen LogP contribution in [0.1, 0.15) is 24.2 Å². The summed E-state index contributed by atoms with van der Waals surface area (Å²) in [7, 11) is 0. The molecule has 3 heterocycles. The predicted octanol–water partition coefficient (Wildman–Crippen LogP) is 2.86. The zero-order valence-electron chi connectivity index (χ0n) is 12.3. The van der Waals surface area contributed by atoms with Crippen LogP contribution in [0.3, 0.4) is 0 Å². The van der Waals surface area contributed by atoms with Gasteiger partial charge in [-0.05, 0) is 24.5 Å². The average Bonchev–Trinajstić information content (AvgIpc) is 3.05. The summed E-state index contributed by atoms with van der Waals surface area (Å²) in [6.45, 7) is 0. The molecule has 0 aliphatic heterocycles. The maximum Gasteiger partial charge on any atom is 0.276 e.